The van der Waals surface area contributed by atoms with E-state index >= 15 is 0 Å². The third-order valence-electron chi connectivity index (χ3n) is 2.26. The Labute approximate surface area is 95.8 Å². The number of carbonyl (C=O) groups is 2. The maximum Gasteiger partial charge on any atom is 0.387 e. The second-order valence-corrected chi connectivity index (χ2v) is 3.32. The molecule has 6 heteroatoms. The van der Waals surface area contributed by atoms with Gasteiger partial charge in [0.05, 0.1) is 6.42 Å². The Kier molecular flexibility index (Phi) is 4.14. The first-order valence-corrected chi connectivity index (χ1v) is 4.70. The topological polar surface area (TPSA) is 63.6 Å². The van der Waals surface area contributed by atoms with Crippen molar-refractivity contribution in [3.63, 3.8) is 0 Å². The Morgan fingerprint density at radius 2 is 2.18 bits per heavy atom. The lowest BCUT2D eigenvalue weighted by molar-refractivity contribution is -0.136. The van der Waals surface area contributed by atoms with Gasteiger partial charge in [0.15, 0.2) is 0 Å². The Bertz CT molecular complexity index is 443. The summed E-state index contributed by atoms with van der Waals surface area (Å²) >= 11 is 0. The normalized spacial score (nSPS) is 10.4. The number of ether oxygens (including phenoxy) is 1. The molecule has 0 aliphatic carbocycles. The highest BCUT2D eigenvalue weighted by Gasteiger charge is 2.15. The van der Waals surface area contributed by atoms with E-state index in [4.69, 9.17) is 5.11 Å². The lowest BCUT2D eigenvalue weighted by Crippen LogP contribution is -2.09. The highest BCUT2D eigenvalue weighted by atomic mass is 19.3. The molecule has 0 unspecified atom stereocenters. The highest BCUT2D eigenvalue weighted by Crippen LogP contribution is 2.26. The summed E-state index contributed by atoms with van der Waals surface area (Å²) in [7, 11) is 0. The summed E-state index contributed by atoms with van der Waals surface area (Å²) in [4.78, 5) is 21.3. The molecule has 1 N–H and O–H groups in total. The Morgan fingerprint density at radius 3 is 2.65 bits per heavy atom. The molecule has 0 aliphatic heterocycles. The van der Waals surface area contributed by atoms with Crippen LogP contribution in [0.3, 0.4) is 0 Å². The van der Waals surface area contributed by atoms with Crippen LogP contribution in [0.4, 0.5) is 8.78 Å². The van der Waals surface area contributed by atoms with Crippen LogP contribution in [0.1, 0.15) is 21.5 Å². The summed E-state index contributed by atoms with van der Waals surface area (Å²) in [5.41, 5.74) is 0.578. The molecule has 92 valence electrons. The van der Waals surface area contributed by atoms with Crippen molar-refractivity contribution < 1.29 is 28.2 Å². The fraction of sp³-hybridized carbons (Fsp3) is 0.273. The van der Waals surface area contributed by atoms with Crippen LogP contribution in [-0.4, -0.2) is 24.0 Å². The van der Waals surface area contributed by atoms with Crippen LogP contribution in [0.5, 0.6) is 5.75 Å². The predicted molar refractivity (Wildman–Crippen MR) is 54.5 cm³/mol. The molecule has 0 heterocycles. The summed E-state index contributed by atoms with van der Waals surface area (Å²) in [5, 5.41) is 8.68. The zero-order valence-electron chi connectivity index (χ0n) is 8.94. The minimum atomic E-state index is -2.99. The van der Waals surface area contributed by atoms with Gasteiger partial charge in [-0.3, -0.25) is 9.59 Å². The van der Waals surface area contributed by atoms with Crippen molar-refractivity contribution >= 4 is 12.3 Å². The van der Waals surface area contributed by atoms with Gasteiger partial charge >= 0.3 is 12.6 Å². The van der Waals surface area contributed by atoms with Crippen LogP contribution < -0.4 is 4.74 Å². The molecule has 1 aromatic carbocycles. The fourth-order valence-corrected chi connectivity index (χ4v) is 1.48. The lowest BCUT2D eigenvalue weighted by Gasteiger charge is -2.12. The number of alkyl halides is 2. The van der Waals surface area contributed by atoms with E-state index in [1.807, 2.05) is 0 Å². The summed E-state index contributed by atoms with van der Waals surface area (Å²) in [5.74, 6) is -1.27. The molecule has 0 saturated heterocycles. The zero-order valence-corrected chi connectivity index (χ0v) is 8.94. The van der Waals surface area contributed by atoms with Crippen molar-refractivity contribution in [3.05, 3.63) is 28.8 Å². The van der Waals surface area contributed by atoms with Crippen LogP contribution in [-0.2, 0) is 11.2 Å². The van der Waals surface area contributed by atoms with E-state index in [0.29, 0.717) is 6.29 Å². The van der Waals surface area contributed by atoms with Crippen LogP contribution in [0.2, 0.25) is 0 Å². The number of carbonyl (C=O) groups excluding carboxylic acids is 1. The average molecular weight is 244 g/mol. The summed E-state index contributed by atoms with van der Waals surface area (Å²) < 4.78 is 28.4. The average Bonchev–Trinajstić information content (AvgIpc) is 2.23. The summed E-state index contributed by atoms with van der Waals surface area (Å²) in [6, 6.07) is 2.48. The van der Waals surface area contributed by atoms with Gasteiger partial charge in [0.1, 0.15) is 12.0 Å². The third-order valence-corrected chi connectivity index (χ3v) is 2.26. The molecule has 0 atom stereocenters. The maximum atomic E-state index is 12.1. The van der Waals surface area contributed by atoms with Gasteiger partial charge in [0.2, 0.25) is 0 Å². The number of carboxylic acid groups (broad SMARTS) is 1. The maximum absolute atomic E-state index is 12.1. The van der Waals surface area contributed by atoms with Gasteiger partial charge in [-0.2, -0.15) is 8.78 Å². The zero-order chi connectivity index (χ0) is 13.0. The molecule has 0 aromatic heterocycles. The van der Waals surface area contributed by atoms with Crippen LogP contribution in [0.15, 0.2) is 12.1 Å². The number of halogens is 2. The van der Waals surface area contributed by atoms with Crippen molar-refractivity contribution in [1.82, 2.24) is 0 Å². The first-order chi connectivity index (χ1) is 7.95. The van der Waals surface area contributed by atoms with Gasteiger partial charge in [-0.05, 0) is 30.2 Å². The molecule has 0 aliphatic rings. The van der Waals surface area contributed by atoms with Gasteiger partial charge in [-0.1, -0.05) is 0 Å². The number of aldehydes is 1. The quantitative estimate of drug-likeness (QED) is 0.805. The molecule has 0 spiro atoms. The van der Waals surface area contributed by atoms with E-state index in [1.165, 1.54) is 19.1 Å². The minimum Gasteiger partial charge on any atom is -0.481 e. The smallest absolute Gasteiger partial charge is 0.387 e. The van der Waals surface area contributed by atoms with Gasteiger partial charge < -0.3 is 9.84 Å². The van der Waals surface area contributed by atoms with Gasteiger partial charge in [-0.25, -0.2) is 0 Å². The molecular weight excluding hydrogens is 234 g/mol. The molecule has 1 aromatic rings. The highest BCUT2D eigenvalue weighted by molar-refractivity contribution is 5.82. The summed E-state index contributed by atoms with van der Waals surface area (Å²) in [6.45, 7) is -1.56. The second kappa shape index (κ2) is 5.38. The van der Waals surface area contributed by atoms with Gasteiger partial charge in [0.25, 0.3) is 0 Å². The molecule has 0 amide bonds. The SMILES string of the molecule is Cc1c(OC(F)F)ccc(C=O)c1CC(=O)O. The van der Waals surface area contributed by atoms with Gasteiger partial charge in [-0.15, -0.1) is 0 Å². The molecule has 17 heavy (non-hydrogen) atoms. The number of carboxylic acids is 1. The van der Waals surface area contributed by atoms with E-state index in [2.05, 4.69) is 4.74 Å². The van der Waals surface area contributed by atoms with Crippen LogP contribution >= 0.6 is 0 Å². The molecule has 0 bridgehead atoms. The third kappa shape index (κ3) is 3.24. The molecule has 1 rings (SSSR count). The molecule has 0 radical (unpaired) electrons. The number of hydrogen-bond acceptors (Lipinski definition) is 3. The monoisotopic (exact) mass is 244 g/mol. The van der Waals surface area contributed by atoms with Gasteiger partial charge in [0, 0.05) is 5.56 Å². The second-order valence-electron chi connectivity index (χ2n) is 3.32. The minimum absolute atomic E-state index is 0.123. The van der Waals surface area contributed by atoms with Crippen LogP contribution in [0, 0.1) is 6.92 Å². The first kappa shape index (κ1) is 13.1. The van der Waals surface area contributed by atoms with Crippen molar-refractivity contribution in [2.24, 2.45) is 0 Å². The van der Waals surface area contributed by atoms with Crippen molar-refractivity contribution in [2.75, 3.05) is 0 Å². The molecule has 0 saturated carbocycles. The van der Waals surface area contributed by atoms with Crippen molar-refractivity contribution in [2.45, 2.75) is 20.0 Å². The Hall–Kier alpha value is -1.98. The lowest BCUT2D eigenvalue weighted by atomic mass is 9.99. The molecular formula is C11H10F2O4. The predicted octanol–water partition coefficient (Wildman–Crippen LogP) is 2.04. The van der Waals surface area contributed by atoms with Crippen molar-refractivity contribution in [1.29, 1.82) is 0 Å². The van der Waals surface area contributed by atoms with Crippen molar-refractivity contribution in [3.8, 4) is 5.75 Å². The Balaban J connectivity index is 3.21. The van der Waals surface area contributed by atoms with E-state index in [9.17, 15) is 18.4 Å². The largest absolute Gasteiger partial charge is 0.481 e. The van der Waals surface area contributed by atoms with E-state index < -0.39 is 19.0 Å². The molecule has 4 nitrogen and oxygen atoms in total. The summed E-state index contributed by atoms with van der Waals surface area (Å²) in [6.07, 6.45) is 0.0672. The Morgan fingerprint density at radius 1 is 1.53 bits per heavy atom. The van der Waals surface area contributed by atoms with E-state index in [1.54, 1.807) is 0 Å². The number of hydrogen-bond donors (Lipinski definition) is 1. The van der Waals surface area contributed by atoms with Crippen LogP contribution in [0.25, 0.3) is 0 Å². The number of benzene rings is 1. The van der Waals surface area contributed by atoms with E-state index in [-0.39, 0.29) is 22.4 Å². The fourth-order valence-electron chi connectivity index (χ4n) is 1.48. The van der Waals surface area contributed by atoms with E-state index in [0.717, 1.165) is 0 Å². The number of aliphatic carboxylic acids is 1. The standard InChI is InChI=1S/C11H10F2O4/c1-6-8(4-10(15)16)7(5-14)2-3-9(6)17-11(12)13/h2-3,5,11H,4H2,1H3,(H,15,16). The molecule has 0 fully saturated rings. The first-order valence-electron chi connectivity index (χ1n) is 4.70. The number of rotatable bonds is 5.